The number of benzene rings is 1. The predicted octanol–water partition coefficient (Wildman–Crippen LogP) is 2.10. The summed E-state index contributed by atoms with van der Waals surface area (Å²) in [6.45, 7) is 2.43. The second-order valence-corrected chi connectivity index (χ2v) is 4.81. The van der Waals surface area contributed by atoms with Crippen molar-refractivity contribution < 1.29 is 13.9 Å². The van der Waals surface area contributed by atoms with Crippen molar-refractivity contribution in [3.8, 4) is 5.75 Å². The fourth-order valence-electron chi connectivity index (χ4n) is 2.77. The second-order valence-electron chi connectivity index (χ2n) is 4.81. The van der Waals surface area contributed by atoms with Gasteiger partial charge in [0.1, 0.15) is 11.6 Å². The van der Waals surface area contributed by atoms with Crippen molar-refractivity contribution in [3.63, 3.8) is 0 Å². The van der Waals surface area contributed by atoms with Crippen molar-refractivity contribution in [1.29, 1.82) is 0 Å². The molecule has 1 N–H and O–H groups in total. The summed E-state index contributed by atoms with van der Waals surface area (Å²) in [4.78, 5) is 0. The lowest BCUT2D eigenvalue weighted by atomic mass is 9.73. The van der Waals surface area contributed by atoms with Gasteiger partial charge in [-0.15, -0.1) is 0 Å². The number of rotatable bonds is 4. The van der Waals surface area contributed by atoms with Gasteiger partial charge < -0.3 is 14.8 Å². The Labute approximate surface area is 107 Å². The van der Waals surface area contributed by atoms with E-state index in [0.29, 0.717) is 6.61 Å². The van der Waals surface area contributed by atoms with Crippen LogP contribution in [0.3, 0.4) is 0 Å². The van der Waals surface area contributed by atoms with E-state index < -0.39 is 0 Å². The van der Waals surface area contributed by atoms with Gasteiger partial charge in [-0.1, -0.05) is 0 Å². The molecule has 0 unspecified atom stereocenters. The van der Waals surface area contributed by atoms with Crippen LogP contribution >= 0.6 is 0 Å². The summed E-state index contributed by atoms with van der Waals surface area (Å²) in [5, 5.41) is 3.33. The van der Waals surface area contributed by atoms with Crippen molar-refractivity contribution >= 4 is 0 Å². The Bertz CT molecular complexity index is 397. The van der Waals surface area contributed by atoms with Crippen molar-refractivity contribution in [3.05, 3.63) is 29.6 Å². The molecule has 1 aliphatic rings. The molecule has 0 aromatic heterocycles. The molecule has 1 heterocycles. The van der Waals surface area contributed by atoms with Crippen LogP contribution in [0.2, 0.25) is 0 Å². The molecule has 0 amide bonds. The fraction of sp³-hybridized carbons (Fsp3) is 0.571. The third-order valence-electron chi connectivity index (χ3n) is 3.71. The molecule has 1 fully saturated rings. The molecule has 1 aromatic carbocycles. The lowest BCUT2D eigenvalue weighted by Gasteiger charge is -2.38. The normalized spacial score (nSPS) is 18.6. The predicted molar refractivity (Wildman–Crippen MR) is 68.6 cm³/mol. The Balaban J connectivity index is 2.43. The van der Waals surface area contributed by atoms with Gasteiger partial charge in [-0.3, -0.25) is 0 Å². The molecule has 0 bridgehead atoms. The first kappa shape index (κ1) is 13.3. The number of hydrogen-bond donors (Lipinski definition) is 1. The molecule has 3 nitrogen and oxygen atoms in total. The average Bonchev–Trinajstić information content (AvgIpc) is 2.40. The highest BCUT2D eigenvalue weighted by Crippen LogP contribution is 2.39. The first-order chi connectivity index (χ1) is 8.72. The molecule has 0 spiro atoms. The zero-order valence-corrected chi connectivity index (χ0v) is 11.0. The zero-order chi connectivity index (χ0) is 13.0. The van der Waals surface area contributed by atoms with Crippen LogP contribution in [0, 0.1) is 5.82 Å². The van der Waals surface area contributed by atoms with E-state index in [1.807, 2.05) is 0 Å². The van der Waals surface area contributed by atoms with E-state index in [-0.39, 0.29) is 11.2 Å². The third-order valence-corrected chi connectivity index (χ3v) is 3.71. The van der Waals surface area contributed by atoms with Crippen LogP contribution in [-0.2, 0) is 10.2 Å². The smallest absolute Gasteiger partial charge is 0.123 e. The van der Waals surface area contributed by atoms with Gasteiger partial charge in [-0.05, 0) is 44.1 Å². The van der Waals surface area contributed by atoms with Gasteiger partial charge in [-0.25, -0.2) is 4.39 Å². The SMILES string of the molecule is COCC1(c2cc(F)ccc2OC)CCNCC1. The summed E-state index contributed by atoms with van der Waals surface area (Å²) < 4.78 is 24.3. The van der Waals surface area contributed by atoms with Crippen molar-refractivity contribution in [2.24, 2.45) is 0 Å². The van der Waals surface area contributed by atoms with E-state index >= 15 is 0 Å². The lowest BCUT2D eigenvalue weighted by molar-refractivity contribution is 0.106. The number of methoxy groups -OCH3 is 2. The fourth-order valence-corrected chi connectivity index (χ4v) is 2.77. The molecule has 1 aromatic rings. The quantitative estimate of drug-likeness (QED) is 0.891. The highest BCUT2D eigenvalue weighted by molar-refractivity contribution is 5.41. The van der Waals surface area contributed by atoms with Gasteiger partial charge in [0.2, 0.25) is 0 Å². The van der Waals surface area contributed by atoms with Gasteiger partial charge in [-0.2, -0.15) is 0 Å². The minimum atomic E-state index is -0.222. The molecular weight excluding hydrogens is 233 g/mol. The monoisotopic (exact) mass is 253 g/mol. The number of hydrogen-bond acceptors (Lipinski definition) is 3. The summed E-state index contributed by atoms with van der Waals surface area (Å²) in [5.41, 5.74) is 0.779. The molecule has 1 aliphatic heterocycles. The van der Waals surface area contributed by atoms with Crippen LogP contribution in [0.15, 0.2) is 18.2 Å². The maximum absolute atomic E-state index is 13.5. The topological polar surface area (TPSA) is 30.5 Å². The van der Waals surface area contributed by atoms with E-state index in [9.17, 15) is 4.39 Å². The van der Waals surface area contributed by atoms with Gasteiger partial charge in [0, 0.05) is 18.1 Å². The Kier molecular flexibility index (Phi) is 4.19. The lowest BCUT2D eigenvalue weighted by Crippen LogP contribution is -2.43. The summed E-state index contributed by atoms with van der Waals surface area (Å²) in [5.74, 6) is 0.523. The first-order valence-electron chi connectivity index (χ1n) is 6.25. The molecule has 18 heavy (non-hydrogen) atoms. The first-order valence-corrected chi connectivity index (χ1v) is 6.25. The minimum Gasteiger partial charge on any atom is -0.496 e. The number of halogens is 1. The highest BCUT2D eigenvalue weighted by Gasteiger charge is 2.36. The Morgan fingerprint density at radius 1 is 1.28 bits per heavy atom. The minimum absolute atomic E-state index is 0.145. The summed E-state index contributed by atoms with van der Waals surface area (Å²) in [6, 6.07) is 4.72. The maximum Gasteiger partial charge on any atom is 0.123 e. The molecule has 0 atom stereocenters. The van der Waals surface area contributed by atoms with Gasteiger partial charge in [0.15, 0.2) is 0 Å². The standard InChI is InChI=1S/C14H20FNO2/c1-17-10-14(5-7-16-8-6-14)12-9-11(15)3-4-13(12)18-2/h3-4,9,16H,5-8,10H2,1-2H3. The Morgan fingerprint density at radius 2 is 2.00 bits per heavy atom. The molecule has 4 heteroatoms. The molecular formula is C14H20FNO2. The van der Waals surface area contributed by atoms with Crippen molar-refractivity contribution in [1.82, 2.24) is 5.32 Å². The van der Waals surface area contributed by atoms with Gasteiger partial charge in [0.25, 0.3) is 0 Å². The van der Waals surface area contributed by atoms with E-state index in [1.54, 1.807) is 26.4 Å². The summed E-state index contributed by atoms with van der Waals surface area (Å²) in [7, 11) is 3.31. The molecule has 0 saturated carbocycles. The van der Waals surface area contributed by atoms with Crippen molar-refractivity contribution in [2.45, 2.75) is 18.3 Å². The average molecular weight is 253 g/mol. The Hall–Kier alpha value is -1.13. The number of piperidine rings is 1. The van der Waals surface area contributed by atoms with Gasteiger partial charge >= 0.3 is 0 Å². The number of ether oxygens (including phenoxy) is 2. The van der Waals surface area contributed by atoms with Crippen LogP contribution in [0.25, 0.3) is 0 Å². The van der Waals surface area contributed by atoms with Crippen LogP contribution in [0.4, 0.5) is 4.39 Å². The van der Waals surface area contributed by atoms with Crippen LogP contribution < -0.4 is 10.1 Å². The largest absolute Gasteiger partial charge is 0.496 e. The Morgan fingerprint density at radius 3 is 2.61 bits per heavy atom. The van der Waals surface area contributed by atoms with E-state index in [1.165, 1.54) is 6.07 Å². The van der Waals surface area contributed by atoms with Gasteiger partial charge in [0.05, 0.1) is 13.7 Å². The molecule has 100 valence electrons. The van der Waals surface area contributed by atoms with Crippen molar-refractivity contribution in [2.75, 3.05) is 33.9 Å². The van der Waals surface area contributed by atoms with Crippen LogP contribution in [0.5, 0.6) is 5.75 Å². The molecule has 0 aliphatic carbocycles. The van der Waals surface area contributed by atoms with E-state index in [2.05, 4.69) is 5.32 Å². The van der Waals surface area contributed by atoms with Crippen LogP contribution in [-0.4, -0.2) is 33.9 Å². The molecule has 0 radical (unpaired) electrons. The molecule has 2 rings (SSSR count). The number of nitrogens with one attached hydrogen (secondary N) is 1. The highest BCUT2D eigenvalue weighted by atomic mass is 19.1. The third kappa shape index (κ3) is 2.49. The zero-order valence-electron chi connectivity index (χ0n) is 11.0. The van der Waals surface area contributed by atoms with Crippen LogP contribution in [0.1, 0.15) is 18.4 Å². The van der Waals surface area contributed by atoms with E-state index in [4.69, 9.17) is 9.47 Å². The molecule has 1 saturated heterocycles. The summed E-state index contributed by atoms with van der Waals surface area (Å²) in [6.07, 6.45) is 1.86. The second kappa shape index (κ2) is 5.67. The maximum atomic E-state index is 13.5. The van der Waals surface area contributed by atoms with E-state index in [0.717, 1.165) is 37.2 Å². The summed E-state index contributed by atoms with van der Waals surface area (Å²) >= 11 is 0.